The van der Waals surface area contributed by atoms with Crippen molar-refractivity contribution in [2.24, 2.45) is 5.73 Å². The highest BCUT2D eigenvalue weighted by Gasteiger charge is 2.27. The fourth-order valence-electron chi connectivity index (χ4n) is 3.57. The van der Waals surface area contributed by atoms with E-state index in [9.17, 15) is 4.79 Å². The van der Waals surface area contributed by atoms with Crippen molar-refractivity contribution < 1.29 is 9.90 Å². The summed E-state index contributed by atoms with van der Waals surface area (Å²) in [4.78, 5) is 17.6. The molecule has 1 unspecified atom stereocenters. The molecule has 2 aromatic rings. The third kappa shape index (κ3) is 4.02. The van der Waals surface area contributed by atoms with Crippen LogP contribution in [0.5, 0.6) is 0 Å². The summed E-state index contributed by atoms with van der Waals surface area (Å²) in [7, 11) is 0. The zero-order valence-corrected chi connectivity index (χ0v) is 17.9. The lowest BCUT2D eigenvalue weighted by molar-refractivity contribution is -0.136. The predicted molar refractivity (Wildman–Crippen MR) is 125 cm³/mol. The van der Waals surface area contributed by atoms with E-state index < -0.39 is 5.97 Å². The van der Waals surface area contributed by atoms with Gasteiger partial charge in [-0.15, -0.1) is 11.3 Å². The van der Waals surface area contributed by atoms with E-state index in [0.29, 0.717) is 17.7 Å². The molecule has 1 aromatic carbocycles. The number of carboxylic acids is 1. The minimum Gasteiger partial charge on any atom is -0.481 e. The molecular weight excluding hydrogens is 410 g/mol. The lowest BCUT2D eigenvalue weighted by Gasteiger charge is -2.28. The molecule has 0 fully saturated rings. The van der Waals surface area contributed by atoms with Crippen LogP contribution in [0, 0.1) is 5.41 Å². The van der Waals surface area contributed by atoms with Crippen LogP contribution < -0.4 is 11.1 Å². The van der Waals surface area contributed by atoms with Crippen molar-refractivity contribution in [3.63, 3.8) is 0 Å². The van der Waals surface area contributed by atoms with Gasteiger partial charge in [0.25, 0.3) is 0 Å². The number of fused-ring (bicyclic) bond motifs is 2. The summed E-state index contributed by atoms with van der Waals surface area (Å²) in [6.07, 6.45) is 9.72. The van der Waals surface area contributed by atoms with E-state index in [0.717, 1.165) is 37.6 Å². The number of nitrogens with one attached hydrogen (secondary N) is 2. The molecule has 1 aromatic heterocycles. The molecule has 3 heterocycles. The van der Waals surface area contributed by atoms with Crippen LogP contribution in [-0.2, 0) is 4.79 Å². The Hall–Kier alpha value is -3.65. The van der Waals surface area contributed by atoms with Gasteiger partial charge in [0.2, 0.25) is 0 Å². The maximum Gasteiger partial charge on any atom is 0.303 e. The van der Waals surface area contributed by atoms with Gasteiger partial charge in [0.15, 0.2) is 0 Å². The Morgan fingerprint density at radius 3 is 2.97 bits per heavy atom. The lowest BCUT2D eigenvalue weighted by atomic mass is 10.0. The number of aliphatic carboxylic acids is 1. The van der Waals surface area contributed by atoms with Gasteiger partial charge in [-0.2, -0.15) is 0 Å². The fraction of sp³-hybridized carbons (Fsp3) is 0.174. The van der Waals surface area contributed by atoms with E-state index >= 15 is 0 Å². The zero-order chi connectivity index (χ0) is 22.1. The quantitative estimate of drug-likeness (QED) is 0.490. The van der Waals surface area contributed by atoms with Crippen molar-refractivity contribution >= 4 is 45.0 Å². The molecule has 0 amide bonds. The normalized spacial score (nSPS) is 18.1. The highest BCUT2D eigenvalue weighted by Crippen LogP contribution is 2.35. The highest BCUT2D eigenvalue weighted by atomic mass is 32.1. The number of aromatic nitrogens is 1. The third-order valence-corrected chi connectivity index (χ3v) is 6.33. The van der Waals surface area contributed by atoms with Crippen molar-refractivity contribution in [2.45, 2.75) is 25.9 Å². The van der Waals surface area contributed by atoms with Crippen molar-refractivity contribution in [3.05, 3.63) is 76.7 Å². The molecule has 0 bridgehead atoms. The molecule has 8 heteroatoms. The fourth-order valence-corrected chi connectivity index (χ4v) is 4.57. The number of rotatable bonds is 7. The Kier molecular flexibility index (Phi) is 5.48. The number of hydrogen-bond acceptors (Lipinski definition) is 7. The molecule has 4 rings (SSSR count). The van der Waals surface area contributed by atoms with Crippen LogP contribution in [0.25, 0.3) is 21.5 Å². The third-order valence-electron chi connectivity index (χ3n) is 5.21. The molecule has 31 heavy (non-hydrogen) atoms. The van der Waals surface area contributed by atoms with Gasteiger partial charge in [-0.05, 0) is 37.1 Å². The summed E-state index contributed by atoms with van der Waals surface area (Å²) in [6.45, 7) is 5.79. The number of allylic oxidation sites excluding steroid dienone is 5. The number of thiazole rings is 1. The number of benzene rings is 1. The standard InChI is InChI=1S/C23H23N5O2S/c1-13(3-8-22(29)30)23-27-18-6-4-15(9-20(18)31-23)19-11-26-21-7-5-16(12-28(19)21)17(10-24)14(2)25/h4-7,9-12,21,24,26H,1,3,8,25H2,2H3,(H,29,30). The van der Waals surface area contributed by atoms with E-state index in [1.807, 2.05) is 36.7 Å². The molecule has 0 saturated heterocycles. The summed E-state index contributed by atoms with van der Waals surface area (Å²) in [5, 5.41) is 20.7. The highest BCUT2D eigenvalue weighted by molar-refractivity contribution is 7.19. The maximum absolute atomic E-state index is 10.8. The van der Waals surface area contributed by atoms with Crippen molar-refractivity contribution in [1.29, 1.82) is 5.41 Å². The first kappa shape index (κ1) is 20.6. The molecule has 5 N–H and O–H groups in total. The topological polar surface area (TPSA) is 115 Å². The number of nitrogens with two attached hydrogens (primary N) is 1. The van der Waals surface area contributed by atoms with Gasteiger partial charge < -0.3 is 26.5 Å². The monoisotopic (exact) mass is 433 g/mol. The van der Waals surface area contributed by atoms with E-state index in [1.165, 1.54) is 17.6 Å². The van der Waals surface area contributed by atoms with Crippen LogP contribution in [0.3, 0.4) is 0 Å². The first-order valence-electron chi connectivity index (χ1n) is 9.80. The Morgan fingerprint density at radius 1 is 1.45 bits per heavy atom. The summed E-state index contributed by atoms with van der Waals surface area (Å²) >= 11 is 1.52. The summed E-state index contributed by atoms with van der Waals surface area (Å²) in [5.74, 6) is -0.839. The minimum atomic E-state index is -0.839. The Balaban J connectivity index is 1.63. The molecule has 158 valence electrons. The van der Waals surface area contributed by atoms with Gasteiger partial charge >= 0.3 is 5.97 Å². The second-order valence-corrected chi connectivity index (χ2v) is 8.46. The molecule has 2 aliphatic heterocycles. The number of carbonyl (C=O) groups is 1. The van der Waals surface area contributed by atoms with Gasteiger partial charge in [0.05, 0.1) is 15.9 Å². The molecule has 0 aliphatic carbocycles. The number of hydrogen-bond donors (Lipinski definition) is 4. The lowest BCUT2D eigenvalue weighted by Crippen LogP contribution is -2.33. The molecule has 0 radical (unpaired) electrons. The van der Waals surface area contributed by atoms with Crippen LogP contribution in [0.1, 0.15) is 30.3 Å². The molecule has 0 saturated carbocycles. The zero-order valence-electron chi connectivity index (χ0n) is 17.1. The molecule has 1 atom stereocenters. The van der Waals surface area contributed by atoms with E-state index in [2.05, 4.69) is 27.8 Å². The first-order chi connectivity index (χ1) is 14.9. The average Bonchev–Trinajstić information content (AvgIpc) is 3.35. The second kappa shape index (κ2) is 8.23. The molecule has 2 aliphatic rings. The van der Waals surface area contributed by atoms with Crippen molar-refractivity contribution in [3.8, 4) is 0 Å². The van der Waals surface area contributed by atoms with Gasteiger partial charge in [0, 0.05) is 47.4 Å². The Bertz CT molecular complexity index is 1210. The van der Waals surface area contributed by atoms with Crippen LogP contribution in [-0.4, -0.2) is 33.3 Å². The van der Waals surface area contributed by atoms with Gasteiger partial charge in [-0.25, -0.2) is 4.98 Å². The first-order valence-corrected chi connectivity index (χ1v) is 10.6. The van der Waals surface area contributed by atoms with E-state index in [1.54, 1.807) is 6.92 Å². The molecule has 7 nitrogen and oxygen atoms in total. The summed E-state index contributed by atoms with van der Waals surface area (Å²) < 4.78 is 1.02. The maximum atomic E-state index is 10.8. The van der Waals surface area contributed by atoms with Gasteiger partial charge in [0.1, 0.15) is 11.2 Å². The Morgan fingerprint density at radius 2 is 2.26 bits per heavy atom. The van der Waals surface area contributed by atoms with Crippen molar-refractivity contribution in [1.82, 2.24) is 15.2 Å². The predicted octanol–water partition coefficient (Wildman–Crippen LogP) is 4.04. The van der Waals surface area contributed by atoms with Crippen LogP contribution >= 0.6 is 11.3 Å². The summed E-state index contributed by atoms with van der Waals surface area (Å²) in [6, 6.07) is 6.08. The number of nitrogens with zero attached hydrogens (tertiary/aromatic N) is 2. The van der Waals surface area contributed by atoms with Crippen LogP contribution in [0.2, 0.25) is 0 Å². The van der Waals surface area contributed by atoms with E-state index in [4.69, 9.17) is 16.2 Å². The Labute approximate surface area is 184 Å². The number of carboxylic acid groups (broad SMARTS) is 1. The van der Waals surface area contributed by atoms with Crippen LogP contribution in [0.4, 0.5) is 0 Å². The van der Waals surface area contributed by atoms with Crippen molar-refractivity contribution in [2.75, 3.05) is 0 Å². The average molecular weight is 434 g/mol. The minimum absolute atomic E-state index is 0.00679. The van der Waals surface area contributed by atoms with Gasteiger partial charge in [-0.3, -0.25) is 4.79 Å². The second-order valence-electron chi connectivity index (χ2n) is 7.43. The SMILES string of the molecule is C=C(CCC(=O)O)c1nc2ccc(C3=CNC4C=CC(C(C=N)=C(C)N)=CN34)cc2s1. The van der Waals surface area contributed by atoms with Gasteiger partial charge in [-0.1, -0.05) is 18.7 Å². The summed E-state index contributed by atoms with van der Waals surface area (Å²) in [5.41, 5.74) is 11.8. The molecule has 0 spiro atoms. The smallest absolute Gasteiger partial charge is 0.303 e. The van der Waals surface area contributed by atoms with Crippen LogP contribution in [0.15, 0.2) is 66.2 Å². The van der Waals surface area contributed by atoms with E-state index in [-0.39, 0.29) is 12.6 Å². The molecular formula is C23H23N5O2S. The largest absolute Gasteiger partial charge is 0.481 e.